The molecular weight excluding hydrogens is 416 g/mol. The summed E-state index contributed by atoms with van der Waals surface area (Å²) in [6.07, 6.45) is 3.41. The zero-order valence-electron chi connectivity index (χ0n) is 18.3. The normalized spacial score (nSPS) is 12.3. The summed E-state index contributed by atoms with van der Waals surface area (Å²) in [5.74, 6) is -0.162. The Hall–Kier alpha value is -3.45. The molecule has 3 aromatic heterocycles. The van der Waals surface area contributed by atoms with E-state index in [0.29, 0.717) is 16.5 Å². The lowest BCUT2D eigenvalue weighted by molar-refractivity contribution is -0.161. The summed E-state index contributed by atoms with van der Waals surface area (Å²) in [5, 5.41) is 21.4. The van der Waals surface area contributed by atoms with E-state index >= 15 is 0 Å². The summed E-state index contributed by atoms with van der Waals surface area (Å²) < 4.78 is 14.4. The van der Waals surface area contributed by atoms with E-state index in [9.17, 15) is 10.1 Å². The van der Waals surface area contributed by atoms with Crippen molar-refractivity contribution >= 4 is 28.6 Å². The topological polar surface area (TPSA) is 108 Å². The van der Waals surface area contributed by atoms with Crippen LogP contribution in [0.4, 0.5) is 0 Å². The van der Waals surface area contributed by atoms with Gasteiger partial charge in [-0.05, 0) is 40.7 Å². The van der Waals surface area contributed by atoms with E-state index in [1.807, 2.05) is 19.2 Å². The highest BCUT2D eigenvalue weighted by molar-refractivity contribution is 7.12. The van der Waals surface area contributed by atoms with E-state index in [0.717, 1.165) is 11.3 Å². The largest absolute Gasteiger partial charge is 0.454 e. The van der Waals surface area contributed by atoms with Crippen LogP contribution in [0.25, 0.3) is 16.5 Å². The minimum Gasteiger partial charge on any atom is -0.454 e. The van der Waals surface area contributed by atoms with Crippen LogP contribution in [0.15, 0.2) is 23.8 Å². The van der Waals surface area contributed by atoms with Gasteiger partial charge >= 0.3 is 5.97 Å². The molecule has 0 fully saturated rings. The van der Waals surface area contributed by atoms with Crippen molar-refractivity contribution in [3.8, 4) is 11.2 Å². The fraction of sp³-hybridized carbons (Fsp3) is 0.381. The number of aryl methyl sites for hydroxylation is 2. The number of esters is 1. The van der Waals surface area contributed by atoms with Gasteiger partial charge in [0.25, 0.3) is 0 Å². The molecule has 0 aliphatic rings. The molecule has 0 aromatic carbocycles. The Bertz CT molecular complexity index is 1160. The van der Waals surface area contributed by atoms with Crippen molar-refractivity contribution in [1.29, 1.82) is 5.26 Å². The Kier molecular flexibility index (Phi) is 6.27. The summed E-state index contributed by atoms with van der Waals surface area (Å²) in [6, 6.07) is 3.90. The van der Waals surface area contributed by atoms with E-state index in [4.69, 9.17) is 9.47 Å². The number of hydrogen-bond acceptors (Lipinski definition) is 8. The Labute approximate surface area is 184 Å². The van der Waals surface area contributed by atoms with Crippen molar-refractivity contribution in [2.75, 3.05) is 6.79 Å². The van der Waals surface area contributed by atoms with Gasteiger partial charge in [0, 0.05) is 30.4 Å². The van der Waals surface area contributed by atoms with Crippen LogP contribution in [-0.2, 0) is 21.3 Å². The van der Waals surface area contributed by atoms with Gasteiger partial charge in [0.1, 0.15) is 23.0 Å². The third-order valence-electron chi connectivity index (χ3n) is 4.54. The van der Waals surface area contributed by atoms with E-state index in [1.165, 1.54) is 11.3 Å². The highest BCUT2D eigenvalue weighted by Crippen LogP contribution is 2.30. The number of carbonyl (C=O) groups excluding carboxylic acids is 1. The van der Waals surface area contributed by atoms with Crippen LogP contribution in [0.2, 0.25) is 0 Å². The SMILES string of the molecule is Cc1nn(C)c(/C(OCOC(=O)C(C)(C)C)=C(\C#N)c2ccn(-c3nccs3)n2)c1C. The second-order valence-electron chi connectivity index (χ2n) is 7.90. The average Bonchev–Trinajstić information content (AvgIpc) is 3.43. The van der Waals surface area contributed by atoms with Gasteiger partial charge in [0.2, 0.25) is 11.9 Å². The van der Waals surface area contributed by atoms with Crippen molar-refractivity contribution in [2.24, 2.45) is 12.5 Å². The number of aromatic nitrogens is 5. The highest BCUT2D eigenvalue weighted by atomic mass is 32.1. The minimum atomic E-state index is -0.670. The number of nitriles is 1. The fourth-order valence-electron chi connectivity index (χ4n) is 2.82. The maximum atomic E-state index is 12.1. The van der Waals surface area contributed by atoms with Crippen LogP contribution in [0.5, 0.6) is 0 Å². The van der Waals surface area contributed by atoms with Crippen molar-refractivity contribution in [2.45, 2.75) is 34.6 Å². The fourth-order valence-corrected chi connectivity index (χ4v) is 3.39. The molecule has 0 N–H and O–H groups in total. The van der Waals surface area contributed by atoms with Gasteiger partial charge in [0.15, 0.2) is 5.76 Å². The van der Waals surface area contributed by atoms with Crippen LogP contribution >= 0.6 is 11.3 Å². The van der Waals surface area contributed by atoms with Crippen LogP contribution in [0.3, 0.4) is 0 Å². The molecule has 0 unspecified atom stereocenters. The van der Waals surface area contributed by atoms with Crippen LogP contribution in [0.1, 0.15) is 43.4 Å². The molecule has 0 saturated carbocycles. The molecule has 3 rings (SSSR count). The van der Waals surface area contributed by atoms with E-state index in [2.05, 4.69) is 21.3 Å². The lowest BCUT2D eigenvalue weighted by Crippen LogP contribution is -2.24. The highest BCUT2D eigenvalue weighted by Gasteiger charge is 2.26. The summed E-state index contributed by atoms with van der Waals surface area (Å²) >= 11 is 1.43. The van der Waals surface area contributed by atoms with Gasteiger partial charge in [-0.3, -0.25) is 9.48 Å². The molecule has 0 aliphatic carbocycles. The minimum absolute atomic E-state index is 0.202. The quantitative estimate of drug-likeness (QED) is 0.249. The molecule has 0 saturated heterocycles. The number of allylic oxidation sites excluding steroid dienone is 1. The Morgan fingerprint density at radius 1 is 1.26 bits per heavy atom. The number of ether oxygens (including phenoxy) is 2. The van der Waals surface area contributed by atoms with Gasteiger partial charge in [-0.15, -0.1) is 11.3 Å². The number of carbonyl (C=O) groups is 1. The smallest absolute Gasteiger partial charge is 0.314 e. The monoisotopic (exact) mass is 440 g/mol. The number of thiazole rings is 1. The molecule has 0 radical (unpaired) electrons. The van der Waals surface area contributed by atoms with E-state index < -0.39 is 11.4 Å². The molecular formula is C21H24N6O3S. The summed E-state index contributed by atoms with van der Waals surface area (Å²) in [6.45, 7) is 8.70. The summed E-state index contributed by atoms with van der Waals surface area (Å²) in [7, 11) is 1.77. The second-order valence-corrected chi connectivity index (χ2v) is 8.78. The molecule has 0 spiro atoms. The first kappa shape index (κ1) is 22.2. The van der Waals surface area contributed by atoms with Crippen molar-refractivity contribution in [3.63, 3.8) is 0 Å². The van der Waals surface area contributed by atoms with E-state index in [-0.39, 0.29) is 18.1 Å². The van der Waals surface area contributed by atoms with Gasteiger partial charge in [0.05, 0.1) is 11.1 Å². The predicted molar refractivity (Wildman–Crippen MR) is 116 cm³/mol. The Balaban J connectivity index is 2.04. The molecule has 10 heteroatoms. The van der Waals surface area contributed by atoms with E-state index in [1.54, 1.807) is 55.6 Å². The Morgan fingerprint density at radius 2 is 2.00 bits per heavy atom. The summed E-state index contributed by atoms with van der Waals surface area (Å²) in [4.78, 5) is 16.4. The number of hydrogen-bond donors (Lipinski definition) is 0. The lowest BCUT2D eigenvalue weighted by Gasteiger charge is -2.18. The molecule has 0 amide bonds. The van der Waals surface area contributed by atoms with Gasteiger partial charge in [-0.25, -0.2) is 9.67 Å². The molecule has 0 atom stereocenters. The molecule has 0 aliphatic heterocycles. The molecule has 3 aromatic rings. The maximum Gasteiger partial charge on any atom is 0.314 e. The first-order valence-corrected chi connectivity index (χ1v) is 10.4. The standard InChI is InChI=1S/C21H24N6O3S/c1-13-14(2)24-26(6)17(13)18(29-12-30-19(28)21(3,4)5)15(11-22)16-7-9-27(25-16)20-23-8-10-31-20/h7-10H,12H2,1-6H3/b18-15-. The lowest BCUT2D eigenvalue weighted by atomic mass is 9.98. The van der Waals surface area contributed by atoms with Crippen molar-refractivity contribution < 1.29 is 14.3 Å². The third-order valence-corrected chi connectivity index (χ3v) is 5.30. The van der Waals surface area contributed by atoms with Gasteiger partial charge in [-0.2, -0.15) is 15.5 Å². The first-order valence-electron chi connectivity index (χ1n) is 9.54. The first-order chi connectivity index (χ1) is 14.6. The molecule has 31 heavy (non-hydrogen) atoms. The predicted octanol–water partition coefficient (Wildman–Crippen LogP) is 3.63. The molecule has 162 valence electrons. The van der Waals surface area contributed by atoms with Gasteiger partial charge in [-0.1, -0.05) is 0 Å². The second kappa shape index (κ2) is 8.73. The van der Waals surface area contributed by atoms with Crippen molar-refractivity contribution in [1.82, 2.24) is 24.5 Å². The summed E-state index contributed by atoms with van der Waals surface area (Å²) in [5.41, 5.74) is 2.21. The average molecular weight is 441 g/mol. The van der Waals surface area contributed by atoms with Crippen LogP contribution in [0, 0.1) is 30.6 Å². The third kappa shape index (κ3) is 4.67. The van der Waals surface area contributed by atoms with Crippen LogP contribution < -0.4 is 0 Å². The zero-order valence-corrected chi connectivity index (χ0v) is 19.1. The van der Waals surface area contributed by atoms with Crippen molar-refractivity contribution in [3.05, 3.63) is 46.5 Å². The number of rotatable bonds is 6. The number of nitrogens with zero attached hydrogens (tertiary/aromatic N) is 6. The molecule has 0 bridgehead atoms. The van der Waals surface area contributed by atoms with Gasteiger partial charge < -0.3 is 9.47 Å². The molecule has 9 nitrogen and oxygen atoms in total. The Morgan fingerprint density at radius 3 is 2.55 bits per heavy atom. The van der Waals surface area contributed by atoms with Crippen LogP contribution in [-0.4, -0.2) is 37.3 Å². The zero-order chi connectivity index (χ0) is 22.8. The maximum absolute atomic E-state index is 12.1. The molecule has 3 heterocycles.